The van der Waals surface area contributed by atoms with Gasteiger partial charge in [-0.2, -0.15) is 0 Å². The van der Waals surface area contributed by atoms with Crippen LogP contribution in [0.1, 0.15) is 28.5 Å². The zero-order valence-corrected chi connectivity index (χ0v) is 19.1. The quantitative estimate of drug-likeness (QED) is 0.546. The highest BCUT2D eigenvalue weighted by molar-refractivity contribution is 7.09. The number of rotatable bonds is 8. The summed E-state index contributed by atoms with van der Waals surface area (Å²) >= 11 is 1.69. The molecule has 2 N–H and O–H groups in total. The van der Waals surface area contributed by atoms with Gasteiger partial charge < -0.3 is 15.5 Å². The summed E-state index contributed by atoms with van der Waals surface area (Å²) in [5, 5.41) is 8.28. The lowest BCUT2D eigenvalue weighted by atomic mass is 10.1. The van der Waals surface area contributed by atoms with Gasteiger partial charge in [-0.15, -0.1) is 11.3 Å². The van der Waals surface area contributed by atoms with E-state index in [9.17, 15) is 9.59 Å². The molecule has 7 nitrogen and oxygen atoms in total. The molecule has 1 aliphatic rings. The first-order valence-electron chi connectivity index (χ1n) is 10.7. The molecular weight excluding hydrogens is 422 g/mol. The number of benzene rings is 1. The van der Waals surface area contributed by atoms with Gasteiger partial charge in [0, 0.05) is 47.2 Å². The fraction of sp³-hybridized carbons (Fsp3) is 0.333. The smallest absolute Gasteiger partial charge is 0.229 e. The Kier molecular flexibility index (Phi) is 6.80. The predicted molar refractivity (Wildman–Crippen MR) is 127 cm³/mol. The summed E-state index contributed by atoms with van der Waals surface area (Å²) in [4.78, 5) is 36.9. The minimum Gasteiger partial charge on any atom is -0.378 e. The Bertz CT molecular complexity index is 1060. The molecule has 1 aromatic carbocycles. The lowest BCUT2D eigenvalue weighted by Gasteiger charge is -2.16. The van der Waals surface area contributed by atoms with Crippen molar-refractivity contribution in [3.05, 3.63) is 69.9 Å². The van der Waals surface area contributed by atoms with Gasteiger partial charge in [-0.25, -0.2) is 9.97 Å². The molecule has 166 valence electrons. The van der Waals surface area contributed by atoms with Gasteiger partial charge in [-0.1, -0.05) is 6.07 Å². The topological polar surface area (TPSA) is 87.2 Å². The Morgan fingerprint density at radius 3 is 2.53 bits per heavy atom. The summed E-state index contributed by atoms with van der Waals surface area (Å²) in [5.41, 5.74) is 3.53. The number of anilines is 2. The maximum Gasteiger partial charge on any atom is 0.229 e. The number of amides is 2. The molecule has 2 aromatic heterocycles. The van der Waals surface area contributed by atoms with Crippen LogP contribution in [-0.4, -0.2) is 39.8 Å². The number of aryl methyl sites for hydroxylation is 2. The van der Waals surface area contributed by atoms with E-state index in [-0.39, 0.29) is 24.2 Å². The first kappa shape index (κ1) is 22.0. The van der Waals surface area contributed by atoms with Crippen molar-refractivity contribution in [3.63, 3.8) is 0 Å². The lowest BCUT2D eigenvalue weighted by Crippen LogP contribution is -2.29. The molecule has 1 fully saturated rings. The maximum atomic E-state index is 12.7. The van der Waals surface area contributed by atoms with Gasteiger partial charge in [-0.3, -0.25) is 9.59 Å². The molecule has 0 saturated carbocycles. The number of hydrogen-bond acceptors (Lipinski definition) is 6. The third-order valence-electron chi connectivity index (χ3n) is 5.43. The molecule has 0 radical (unpaired) electrons. The van der Waals surface area contributed by atoms with Gasteiger partial charge in [0.05, 0.1) is 12.5 Å². The lowest BCUT2D eigenvalue weighted by molar-refractivity contribution is -0.128. The van der Waals surface area contributed by atoms with E-state index in [1.165, 1.54) is 4.88 Å². The van der Waals surface area contributed by atoms with Gasteiger partial charge in [0.2, 0.25) is 11.8 Å². The fourth-order valence-corrected chi connectivity index (χ4v) is 4.54. The summed E-state index contributed by atoms with van der Waals surface area (Å²) < 4.78 is 0. The summed E-state index contributed by atoms with van der Waals surface area (Å²) in [6.45, 7) is 5.58. The molecule has 4 rings (SSSR count). The minimum absolute atomic E-state index is 0.0508. The number of thiophene rings is 1. The van der Waals surface area contributed by atoms with Crippen molar-refractivity contribution in [1.82, 2.24) is 14.9 Å². The summed E-state index contributed by atoms with van der Waals surface area (Å²) in [7, 11) is 0. The van der Waals surface area contributed by atoms with Crippen molar-refractivity contribution < 1.29 is 9.59 Å². The van der Waals surface area contributed by atoms with E-state index in [1.807, 2.05) is 55.6 Å². The third kappa shape index (κ3) is 5.70. The molecule has 0 bridgehead atoms. The molecule has 0 spiro atoms. The highest BCUT2D eigenvalue weighted by Crippen LogP contribution is 2.22. The second kappa shape index (κ2) is 9.91. The monoisotopic (exact) mass is 449 g/mol. The number of aromatic nitrogens is 2. The molecule has 32 heavy (non-hydrogen) atoms. The first-order chi connectivity index (χ1) is 15.5. The minimum atomic E-state index is -0.314. The van der Waals surface area contributed by atoms with E-state index < -0.39 is 0 Å². The average molecular weight is 450 g/mol. The summed E-state index contributed by atoms with van der Waals surface area (Å²) in [5.74, 6) is 0.371. The van der Waals surface area contributed by atoms with Crippen molar-refractivity contribution in [2.45, 2.75) is 33.2 Å². The van der Waals surface area contributed by atoms with Crippen LogP contribution in [-0.2, 0) is 22.6 Å². The van der Waals surface area contributed by atoms with Crippen molar-refractivity contribution in [2.24, 2.45) is 5.92 Å². The first-order valence-corrected chi connectivity index (χ1v) is 11.6. The number of likely N-dealkylation sites (tertiary alicyclic amines) is 1. The fourth-order valence-electron chi connectivity index (χ4n) is 3.84. The Balaban J connectivity index is 1.26. The van der Waals surface area contributed by atoms with Crippen LogP contribution in [0.5, 0.6) is 0 Å². The molecule has 2 amide bonds. The van der Waals surface area contributed by atoms with Crippen molar-refractivity contribution >= 4 is 34.5 Å². The number of nitrogens with zero attached hydrogens (tertiary/aromatic N) is 3. The van der Waals surface area contributed by atoms with Gasteiger partial charge in [0.25, 0.3) is 0 Å². The van der Waals surface area contributed by atoms with Crippen molar-refractivity contribution in [3.8, 4) is 0 Å². The van der Waals surface area contributed by atoms with Crippen LogP contribution >= 0.6 is 11.3 Å². The second-order valence-corrected chi connectivity index (χ2v) is 9.09. The van der Waals surface area contributed by atoms with Gasteiger partial charge >= 0.3 is 0 Å². The Morgan fingerprint density at radius 2 is 1.84 bits per heavy atom. The largest absolute Gasteiger partial charge is 0.378 e. The van der Waals surface area contributed by atoms with Crippen LogP contribution < -0.4 is 10.6 Å². The van der Waals surface area contributed by atoms with E-state index in [0.717, 1.165) is 29.3 Å². The van der Waals surface area contributed by atoms with Crippen LogP contribution in [0.2, 0.25) is 0 Å². The van der Waals surface area contributed by atoms with Crippen LogP contribution in [0.25, 0.3) is 0 Å². The SMILES string of the molecule is Cc1cc(C)nc(CNc2ccc(NC(=O)C3CC(=O)N(CCc4cccs4)C3)cc2)n1. The zero-order valence-electron chi connectivity index (χ0n) is 18.3. The Labute approximate surface area is 191 Å². The highest BCUT2D eigenvalue weighted by Gasteiger charge is 2.34. The molecule has 1 aliphatic heterocycles. The van der Waals surface area contributed by atoms with Crippen LogP contribution in [0.3, 0.4) is 0 Å². The van der Waals surface area contributed by atoms with Crippen molar-refractivity contribution in [1.29, 1.82) is 0 Å². The van der Waals surface area contributed by atoms with E-state index in [2.05, 4.69) is 26.7 Å². The van der Waals surface area contributed by atoms with Crippen molar-refractivity contribution in [2.75, 3.05) is 23.7 Å². The summed E-state index contributed by atoms with van der Waals surface area (Å²) in [6, 6.07) is 13.6. The van der Waals surface area contributed by atoms with Gasteiger partial charge in [0.15, 0.2) is 0 Å². The second-order valence-electron chi connectivity index (χ2n) is 8.06. The zero-order chi connectivity index (χ0) is 22.5. The number of carbonyl (C=O) groups is 2. The van der Waals surface area contributed by atoms with Gasteiger partial charge in [-0.05, 0) is 62.0 Å². The predicted octanol–water partition coefficient (Wildman–Crippen LogP) is 3.80. The number of hydrogen-bond donors (Lipinski definition) is 2. The van der Waals surface area contributed by atoms with Gasteiger partial charge in [0.1, 0.15) is 5.82 Å². The van der Waals surface area contributed by atoms with Crippen LogP contribution in [0, 0.1) is 19.8 Å². The van der Waals surface area contributed by atoms with E-state index in [1.54, 1.807) is 16.2 Å². The molecule has 8 heteroatoms. The molecule has 0 aliphatic carbocycles. The summed E-state index contributed by atoms with van der Waals surface area (Å²) in [6.07, 6.45) is 1.10. The van der Waals surface area contributed by atoms with Crippen LogP contribution in [0.15, 0.2) is 47.8 Å². The number of carbonyl (C=O) groups excluding carboxylic acids is 2. The van der Waals surface area contributed by atoms with E-state index >= 15 is 0 Å². The van der Waals surface area contributed by atoms with E-state index in [4.69, 9.17) is 0 Å². The standard InChI is InChI=1S/C24H27N5O2S/c1-16-12-17(2)27-22(26-16)14-25-19-5-7-20(8-6-19)28-24(31)18-13-23(30)29(15-18)10-9-21-4-3-11-32-21/h3-8,11-12,18,25H,9-10,13-15H2,1-2H3,(H,28,31). The molecule has 3 aromatic rings. The average Bonchev–Trinajstić information content (AvgIpc) is 3.41. The highest BCUT2D eigenvalue weighted by atomic mass is 32.1. The normalized spacial score (nSPS) is 15.8. The third-order valence-corrected chi connectivity index (χ3v) is 6.36. The Morgan fingerprint density at radius 1 is 1.12 bits per heavy atom. The molecule has 1 saturated heterocycles. The molecule has 1 atom stereocenters. The number of nitrogens with one attached hydrogen (secondary N) is 2. The van der Waals surface area contributed by atoms with E-state index in [0.29, 0.717) is 25.3 Å². The molecular formula is C24H27N5O2S. The molecule has 1 unspecified atom stereocenters. The van der Waals surface area contributed by atoms with Crippen LogP contribution in [0.4, 0.5) is 11.4 Å². The molecule has 3 heterocycles. The Hall–Kier alpha value is -3.26. The maximum absolute atomic E-state index is 12.7.